The number of thiophene rings is 1. The summed E-state index contributed by atoms with van der Waals surface area (Å²) >= 11 is 3.89. The Kier molecular flexibility index (Phi) is 7.42. The molecular formula is C19H20N8O5S3. The fourth-order valence-electron chi connectivity index (χ4n) is 3.51. The molecule has 2 aliphatic rings. The van der Waals surface area contributed by atoms with Crippen LogP contribution in [0.25, 0.3) is 0 Å². The molecule has 2 aromatic rings. The molecule has 2 aliphatic heterocycles. The number of nitrogens with zero attached hydrogens (tertiary/aromatic N) is 5. The monoisotopic (exact) mass is 536 g/mol. The van der Waals surface area contributed by atoms with Crippen LogP contribution in [0.5, 0.6) is 0 Å². The van der Waals surface area contributed by atoms with Gasteiger partial charge in [0.15, 0.2) is 0 Å². The van der Waals surface area contributed by atoms with E-state index in [2.05, 4.69) is 38.1 Å². The Hall–Kier alpha value is -3.37. The first-order chi connectivity index (χ1) is 16.8. The van der Waals surface area contributed by atoms with Crippen molar-refractivity contribution in [1.29, 1.82) is 0 Å². The van der Waals surface area contributed by atoms with Crippen LogP contribution in [0.3, 0.4) is 0 Å². The van der Waals surface area contributed by atoms with Crippen molar-refractivity contribution in [2.75, 3.05) is 11.5 Å². The van der Waals surface area contributed by atoms with Crippen LogP contribution in [-0.4, -0.2) is 76.9 Å². The number of aromatic nitrogens is 4. The predicted octanol–water partition coefficient (Wildman–Crippen LogP) is 0.286. The average Bonchev–Trinajstić information content (AvgIpc) is 3.50. The summed E-state index contributed by atoms with van der Waals surface area (Å²) in [6.45, 7) is 3.41. The minimum absolute atomic E-state index is 0.0924. The van der Waals surface area contributed by atoms with Crippen molar-refractivity contribution in [1.82, 2.24) is 41.1 Å². The second kappa shape index (κ2) is 10.5. The molecular weight excluding hydrogens is 516 g/mol. The van der Waals surface area contributed by atoms with Crippen molar-refractivity contribution in [3.8, 4) is 0 Å². The number of amides is 4. The molecule has 16 heteroatoms. The zero-order valence-corrected chi connectivity index (χ0v) is 20.7. The van der Waals surface area contributed by atoms with E-state index >= 15 is 0 Å². The van der Waals surface area contributed by atoms with E-state index in [1.807, 2.05) is 0 Å². The Morgan fingerprint density at radius 2 is 2.23 bits per heavy atom. The maximum atomic E-state index is 13.0. The second-order valence-corrected chi connectivity index (χ2v) is 10.3. The van der Waals surface area contributed by atoms with Crippen LogP contribution >= 0.6 is 34.9 Å². The predicted molar refractivity (Wildman–Crippen MR) is 128 cm³/mol. The summed E-state index contributed by atoms with van der Waals surface area (Å²) in [6, 6.07) is 0.840. The molecule has 0 aromatic carbocycles. The van der Waals surface area contributed by atoms with Crippen molar-refractivity contribution in [3.63, 3.8) is 0 Å². The van der Waals surface area contributed by atoms with Crippen molar-refractivity contribution < 1.29 is 24.3 Å². The van der Waals surface area contributed by atoms with Gasteiger partial charge in [-0.1, -0.05) is 24.4 Å². The topological polar surface area (TPSA) is 171 Å². The van der Waals surface area contributed by atoms with Crippen LogP contribution < -0.4 is 16.0 Å². The molecule has 13 nitrogen and oxygen atoms in total. The number of hydrogen-bond acceptors (Lipinski definition) is 10. The molecule has 4 N–H and O–H groups in total. The van der Waals surface area contributed by atoms with E-state index in [0.29, 0.717) is 27.1 Å². The van der Waals surface area contributed by atoms with Gasteiger partial charge in [-0.15, -0.1) is 28.2 Å². The van der Waals surface area contributed by atoms with Crippen LogP contribution in [0, 0.1) is 0 Å². The molecule has 0 saturated carbocycles. The van der Waals surface area contributed by atoms with Gasteiger partial charge in [0.1, 0.15) is 23.2 Å². The number of nitrogens with one attached hydrogen (secondary N) is 3. The minimum Gasteiger partial charge on any atom is -0.477 e. The van der Waals surface area contributed by atoms with Gasteiger partial charge < -0.3 is 21.1 Å². The Labute approximate surface area is 211 Å². The number of fused-ring (bicyclic) bond motifs is 1. The molecule has 1 saturated heterocycles. The molecule has 184 valence electrons. The van der Waals surface area contributed by atoms with Gasteiger partial charge in [0, 0.05) is 23.4 Å². The fraction of sp³-hybridized carbons (Fsp3) is 0.316. The molecule has 4 heterocycles. The van der Waals surface area contributed by atoms with Crippen molar-refractivity contribution in [2.24, 2.45) is 7.05 Å². The maximum Gasteiger partial charge on any atom is 0.352 e. The number of carbonyl (C=O) groups is 4. The Morgan fingerprint density at radius 1 is 1.43 bits per heavy atom. The molecule has 0 aliphatic carbocycles. The van der Waals surface area contributed by atoms with Gasteiger partial charge in [-0.05, 0) is 33.6 Å². The number of β-lactam (4-membered cyclic amide) rings is 1. The van der Waals surface area contributed by atoms with E-state index in [-0.39, 0.29) is 5.70 Å². The molecule has 1 fully saturated rings. The van der Waals surface area contributed by atoms with E-state index < -0.39 is 41.3 Å². The van der Waals surface area contributed by atoms with Gasteiger partial charge >= 0.3 is 12.0 Å². The molecule has 3 atom stereocenters. The van der Waals surface area contributed by atoms with Gasteiger partial charge in [-0.3, -0.25) is 14.5 Å². The zero-order valence-electron chi connectivity index (χ0n) is 18.2. The highest BCUT2D eigenvalue weighted by atomic mass is 32.2. The number of carbonyl (C=O) groups excluding carboxylic acids is 3. The highest BCUT2D eigenvalue weighted by Crippen LogP contribution is 2.41. The number of urea groups is 1. The molecule has 0 bridgehead atoms. The summed E-state index contributed by atoms with van der Waals surface area (Å²) in [7, 11) is 1.67. The standard InChI is InChI=1S/C19H20N8O5S3/c1-3-20-18(32)22-11(10-5-4-6-33-10)14(28)21-12-15(29)27-13(17(30)31)9(7-34-16(12)27)8-35-19-23-24-25-26(19)2/h3-6,11-12,16H,1,7-8H2,2H3,(H,21,28)(H,30,31)(H2,20,22,32)/t11?,12-,16?/m0/s1. The number of thioether (sulfide) groups is 2. The van der Waals surface area contributed by atoms with E-state index in [9.17, 15) is 24.3 Å². The van der Waals surface area contributed by atoms with Crippen molar-refractivity contribution in [3.05, 3.63) is 46.4 Å². The van der Waals surface area contributed by atoms with Crippen molar-refractivity contribution in [2.45, 2.75) is 22.6 Å². The largest absolute Gasteiger partial charge is 0.477 e. The van der Waals surface area contributed by atoms with Crippen LogP contribution in [-0.2, 0) is 21.4 Å². The summed E-state index contributed by atoms with van der Waals surface area (Å²) in [5.41, 5.74) is 0.467. The third-order valence-corrected chi connectivity index (χ3v) is 8.48. The number of carboxylic acids is 1. The molecule has 0 spiro atoms. The highest BCUT2D eigenvalue weighted by Gasteiger charge is 2.54. The lowest BCUT2D eigenvalue weighted by Gasteiger charge is -2.49. The van der Waals surface area contributed by atoms with Crippen LogP contribution in [0.4, 0.5) is 4.79 Å². The van der Waals surface area contributed by atoms with Gasteiger partial charge in [-0.25, -0.2) is 14.3 Å². The summed E-state index contributed by atoms with van der Waals surface area (Å²) in [4.78, 5) is 51.8. The number of carboxylic acid groups (broad SMARTS) is 1. The number of aryl methyl sites for hydroxylation is 1. The smallest absolute Gasteiger partial charge is 0.352 e. The number of hydrogen-bond donors (Lipinski definition) is 4. The SMILES string of the molecule is C=CNC(=O)NC(C(=O)N[C@H]1C(=O)N2C(C(=O)O)=C(CSc3nnnn3C)CSC12)c1cccs1. The van der Waals surface area contributed by atoms with Crippen LogP contribution in [0.15, 0.2) is 46.7 Å². The summed E-state index contributed by atoms with van der Waals surface area (Å²) < 4.78 is 1.47. The normalized spacial score (nSPS) is 19.9. The molecule has 2 unspecified atom stereocenters. The maximum absolute atomic E-state index is 13.0. The first-order valence-corrected chi connectivity index (χ1v) is 13.0. The lowest BCUT2D eigenvalue weighted by atomic mass is 10.0. The second-order valence-electron chi connectivity index (χ2n) is 7.30. The van der Waals surface area contributed by atoms with Gasteiger partial charge in [0.2, 0.25) is 11.1 Å². The Bertz CT molecular complexity index is 1200. The van der Waals surface area contributed by atoms with Crippen molar-refractivity contribution >= 4 is 58.7 Å². The lowest BCUT2D eigenvalue weighted by Crippen LogP contribution is -2.71. The summed E-state index contributed by atoms with van der Waals surface area (Å²) in [5.74, 6) is -1.69. The molecule has 4 rings (SSSR count). The van der Waals surface area contributed by atoms with E-state index in [1.54, 1.807) is 24.6 Å². The summed E-state index contributed by atoms with van der Waals surface area (Å²) in [6.07, 6.45) is 1.18. The average molecular weight is 537 g/mol. The quantitative estimate of drug-likeness (QED) is 0.258. The van der Waals surface area contributed by atoms with Gasteiger partial charge in [0.05, 0.1) is 0 Å². The molecule has 4 amide bonds. The number of rotatable bonds is 9. The number of tetrazole rings is 1. The third kappa shape index (κ3) is 5.03. The van der Waals surface area contributed by atoms with Crippen LogP contribution in [0.1, 0.15) is 10.9 Å². The zero-order chi connectivity index (χ0) is 25.1. The third-order valence-electron chi connectivity index (χ3n) is 5.10. The Balaban J connectivity index is 1.47. The molecule has 0 radical (unpaired) electrons. The fourth-order valence-corrected chi connectivity index (χ4v) is 6.62. The number of aliphatic carboxylic acids is 1. The minimum atomic E-state index is -1.22. The van der Waals surface area contributed by atoms with E-state index in [4.69, 9.17) is 0 Å². The summed E-state index contributed by atoms with van der Waals surface area (Å²) in [5, 5.41) is 30.3. The van der Waals surface area contributed by atoms with Gasteiger partial charge in [-0.2, -0.15) is 0 Å². The van der Waals surface area contributed by atoms with Crippen LogP contribution in [0.2, 0.25) is 0 Å². The molecule has 35 heavy (non-hydrogen) atoms. The lowest BCUT2D eigenvalue weighted by molar-refractivity contribution is -0.150. The Morgan fingerprint density at radius 3 is 2.86 bits per heavy atom. The first-order valence-electron chi connectivity index (χ1n) is 10.1. The van der Waals surface area contributed by atoms with Gasteiger partial charge in [0.25, 0.3) is 5.91 Å². The van der Waals surface area contributed by atoms with E-state index in [1.165, 1.54) is 50.6 Å². The first kappa shape index (κ1) is 24.7. The highest BCUT2D eigenvalue weighted by molar-refractivity contribution is 8.01. The molecule has 2 aromatic heterocycles. The van der Waals surface area contributed by atoms with E-state index in [0.717, 1.165) is 0 Å².